The van der Waals surface area contributed by atoms with Gasteiger partial charge in [-0.2, -0.15) is 0 Å². The van der Waals surface area contributed by atoms with Crippen LogP contribution in [-0.2, 0) is 4.79 Å². The Morgan fingerprint density at radius 1 is 1.04 bits per heavy atom. The van der Waals surface area contributed by atoms with Gasteiger partial charge in [-0.15, -0.1) is 0 Å². The number of allylic oxidation sites excluding steroid dienone is 4. The van der Waals surface area contributed by atoms with Crippen LogP contribution in [0, 0.1) is 28.6 Å². The summed E-state index contributed by atoms with van der Waals surface area (Å²) in [6.07, 6.45) is 16.0. The molecule has 0 bridgehead atoms. The first-order valence-electron chi connectivity index (χ1n) is 9.55. The van der Waals surface area contributed by atoms with E-state index in [0.29, 0.717) is 16.6 Å². The van der Waals surface area contributed by atoms with E-state index in [-0.39, 0.29) is 0 Å². The standard InChI is InChI=1S/C22H30O/c1-4-5-15-7-9-19-18-8-6-16-14-17(23)10-12-22(16,3)20(18)11-13-21(15,19)2/h4-5,14,18-20H,1,6-13H2,2-3H3/b15-5-/t18-,19-,20-,21-,22+/m1/s1. The molecular formula is C22H30O. The summed E-state index contributed by atoms with van der Waals surface area (Å²) in [4.78, 5) is 11.9. The zero-order valence-electron chi connectivity index (χ0n) is 14.7. The topological polar surface area (TPSA) is 17.1 Å². The van der Waals surface area contributed by atoms with Gasteiger partial charge < -0.3 is 0 Å². The minimum absolute atomic E-state index is 0.309. The monoisotopic (exact) mass is 310 g/mol. The van der Waals surface area contributed by atoms with Gasteiger partial charge in [0, 0.05) is 6.42 Å². The molecule has 23 heavy (non-hydrogen) atoms. The van der Waals surface area contributed by atoms with Crippen LogP contribution < -0.4 is 0 Å². The van der Waals surface area contributed by atoms with Crippen LogP contribution in [0.5, 0.6) is 0 Å². The number of fused-ring (bicyclic) bond motifs is 5. The normalized spacial score (nSPS) is 47.6. The quantitative estimate of drug-likeness (QED) is 0.613. The molecule has 4 rings (SSSR count). The summed E-state index contributed by atoms with van der Waals surface area (Å²) in [7, 11) is 0. The first kappa shape index (κ1) is 15.4. The van der Waals surface area contributed by atoms with Gasteiger partial charge in [0.2, 0.25) is 0 Å². The van der Waals surface area contributed by atoms with Crippen molar-refractivity contribution in [3.63, 3.8) is 0 Å². The number of ketones is 1. The predicted molar refractivity (Wildman–Crippen MR) is 95.0 cm³/mol. The van der Waals surface area contributed by atoms with Crippen LogP contribution in [0.15, 0.2) is 36.0 Å². The van der Waals surface area contributed by atoms with Gasteiger partial charge in [-0.1, -0.05) is 43.7 Å². The maximum Gasteiger partial charge on any atom is 0.155 e. The number of carbonyl (C=O) groups is 1. The van der Waals surface area contributed by atoms with Crippen molar-refractivity contribution in [2.45, 2.75) is 65.2 Å². The molecule has 1 heteroatoms. The molecule has 0 unspecified atom stereocenters. The number of hydrogen-bond acceptors (Lipinski definition) is 1. The Morgan fingerprint density at radius 2 is 1.83 bits per heavy atom. The Hall–Kier alpha value is -1.11. The highest BCUT2D eigenvalue weighted by Crippen LogP contribution is 2.66. The third-order valence-corrected chi connectivity index (χ3v) is 8.13. The van der Waals surface area contributed by atoms with Crippen LogP contribution in [0.2, 0.25) is 0 Å². The van der Waals surface area contributed by atoms with Crippen molar-refractivity contribution >= 4 is 5.78 Å². The van der Waals surface area contributed by atoms with E-state index in [1.165, 1.54) is 37.7 Å². The molecule has 1 nitrogen and oxygen atoms in total. The third-order valence-electron chi connectivity index (χ3n) is 8.13. The molecule has 0 aromatic rings. The molecule has 0 aromatic heterocycles. The van der Waals surface area contributed by atoms with Crippen LogP contribution in [0.4, 0.5) is 0 Å². The van der Waals surface area contributed by atoms with Crippen molar-refractivity contribution in [2.75, 3.05) is 0 Å². The molecule has 0 amide bonds. The lowest BCUT2D eigenvalue weighted by Gasteiger charge is -2.57. The van der Waals surface area contributed by atoms with Gasteiger partial charge in [0.1, 0.15) is 0 Å². The highest BCUT2D eigenvalue weighted by atomic mass is 16.1. The molecule has 124 valence electrons. The second kappa shape index (κ2) is 5.19. The summed E-state index contributed by atoms with van der Waals surface area (Å²) in [6, 6.07) is 0. The van der Waals surface area contributed by atoms with Crippen molar-refractivity contribution in [3.8, 4) is 0 Å². The molecule has 0 aliphatic heterocycles. The fraction of sp³-hybridized carbons (Fsp3) is 0.682. The smallest absolute Gasteiger partial charge is 0.155 e. The number of carbonyl (C=O) groups excluding carboxylic acids is 1. The van der Waals surface area contributed by atoms with Gasteiger partial charge in [-0.05, 0) is 79.6 Å². The van der Waals surface area contributed by atoms with Crippen molar-refractivity contribution in [1.82, 2.24) is 0 Å². The maximum atomic E-state index is 11.9. The van der Waals surface area contributed by atoms with E-state index in [4.69, 9.17) is 0 Å². The molecule has 3 fully saturated rings. The minimum Gasteiger partial charge on any atom is -0.295 e. The van der Waals surface area contributed by atoms with E-state index in [1.54, 1.807) is 5.57 Å². The van der Waals surface area contributed by atoms with Gasteiger partial charge in [-0.25, -0.2) is 0 Å². The lowest BCUT2D eigenvalue weighted by Crippen LogP contribution is -2.49. The Balaban J connectivity index is 1.68. The van der Waals surface area contributed by atoms with E-state index in [1.807, 2.05) is 12.2 Å². The Labute approximate surface area is 140 Å². The Kier molecular flexibility index (Phi) is 3.48. The SMILES string of the molecule is C=C/C=C1/CC[C@@H]2[C@H]3CCC4=CC(=O)CC[C@]4(C)[C@@H]3CC[C@]12C. The van der Waals surface area contributed by atoms with Gasteiger partial charge in [0.25, 0.3) is 0 Å². The molecule has 0 aromatic carbocycles. The molecule has 3 saturated carbocycles. The van der Waals surface area contributed by atoms with Crippen LogP contribution in [0.25, 0.3) is 0 Å². The molecular weight excluding hydrogens is 280 g/mol. The lowest BCUT2D eigenvalue weighted by atomic mass is 9.47. The summed E-state index contributed by atoms with van der Waals surface area (Å²) in [6.45, 7) is 8.93. The largest absolute Gasteiger partial charge is 0.295 e. The molecule has 5 atom stereocenters. The Bertz CT molecular complexity index is 609. The summed E-state index contributed by atoms with van der Waals surface area (Å²) in [5.74, 6) is 2.88. The summed E-state index contributed by atoms with van der Waals surface area (Å²) in [5, 5.41) is 0. The van der Waals surface area contributed by atoms with E-state index >= 15 is 0 Å². The van der Waals surface area contributed by atoms with Crippen LogP contribution in [0.1, 0.15) is 65.2 Å². The van der Waals surface area contributed by atoms with Crippen LogP contribution >= 0.6 is 0 Å². The number of hydrogen-bond donors (Lipinski definition) is 0. The zero-order valence-corrected chi connectivity index (χ0v) is 14.7. The molecule has 0 spiro atoms. The number of rotatable bonds is 1. The van der Waals surface area contributed by atoms with Crippen molar-refractivity contribution in [2.24, 2.45) is 28.6 Å². The summed E-state index contributed by atoms with van der Waals surface area (Å²) >= 11 is 0. The van der Waals surface area contributed by atoms with Crippen molar-refractivity contribution < 1.29 is 4.79 Å². The van der Waals surface area contributed by atoms with Gasteiger partial charge in [0.15, 0.2) is 5.78 Å². The second-order valence-corrected chi connectivity index (χ2v) is 8.89. The van der Waals surface area contributed by atoms with E-state index in [0.717, 1.165) is 37.0 Å². The van der Waals surface area contributed by atoms with E-state index < -0.39 is 0 Å². The summed E-state index contributed by atoms with van der Waals surface area (Å²) in [5.41, 5.74) is 3.86. The average Bonchev–Trinajstić information content (AvgIpc) is 2.85. The molecule has 4 aliphatic rings. The average molecular weight is 310 g/mol. The van der Waals surface area contributed by atoms with Crippen LogP contribution in [-0.4, -0.2) is 5.78 Å². The lowest BCUT2D eigenvalue weighted by molar-refractivity contribution is -0.117. The molecule has 0 N–H and O–H groups in total. The third kappa shape index (κ3) is 2.08. The van der Waals surface area contributed by atoms with Crippen molar-refractivity contribution in [1.29, 1.82) is 0 Å². The maximum absolute atomic E-state index is 11.9. The Morgan fingerprint density at radius 3 is 2.61 bits per heavy atom. The zero-order chi connectivity index (χ0) is 16.2. The molecule has 0 radical (unpaired) electrons. The fourth-order valence-electron chi connectivity index (χ4n) is 6.82. The fourth-order valence-corrected chi connectivity index (χ4v) is 6.82. The minimum atomic E-state index is 0.309. The van der Waals surface area contributed by atoms with Crippen LogP contribution in [0.3, 0.4) is 0 Å². The predicted octanol–water partition coefficient (Wildman–Crippen LogP) is 5.63. The van der Waals surface area contributed by atoms with Gasteiger partial charge in [0.05, 0.1) is 0 Å². The first-order chi connectivity index (χ1) is 11.0. The van der Waals surface area contributed by atoms with Gasteiger partial charge >= 0.3 is 0 Å². The highest BCUT2D eigenvalue weighted by Gasteiger charge is 2.57. The highest BCUT2D eigenvalue weighted by molar-refractivity contribution is 5.91. The first-order valence-corrected chi connectivity index (χ1v) is 9.55. The van der Waals surface area contributed by atoms with Gasteiger partial charge in [-0.3, -0.25) is 4.79 Å². The second-order valence-electron chi connectivity index (χ2n) is 8.89. The molecule has 0 heterocycles. The van der Waals surface area contributed by atoms with E-state index in [2.05, 4.69) is 26.5 Å². The molecule has 0 saturated heterocycles. The summed E-state index contributed by atoms with van der Waals surface area (Å²) < 4.78 is 0. The van der Waals surface area contributed by atoms with E-state index in [9.17, 15) is 4.79 Å². The molecule has 4 aliphatic carbocycles. The van der Waals surface area contributed by atoms with Crippen molar-refractivity contribution in [3.05, 3.63) is 36.0 Å².